The molecule has 0 unspecified atom stereocenters. The van der Waals surface area contributed by atoms with Crippen molar-refractivity contribution in [3.8, 4) is 0 Å². The molecule has 0 saturated carbocycles. The van der Waals surface area contributed by atoms with E-state index in [-0.39, 0.29) is 5.78 Å². The van der Waals surface area contributed by atoms with Gasteiger partial charge in [0.1, 0.15) is 11.7 Å². The number of hydrogen-bond donors (Lipinski definition) is 0. The van der Waals surface area contributed by atoms with E-state index in [9.17, 15) is 9.59 Å². The van der Waals surface area contributed by atoms with Crippen molar-refractivity contribution in [2.45, 2.75) is 26.2 Å². The molecule has 0 N–H and O–H groups in total. The van der Waals surface area contributed by atoms with Gasteiger partial charge in [0, 0.05) is 23.1 Å². The Morgan fingerprint density at radius 1 is 1.19 bits per heavy atom. The van der Waals surface area contributed by atoms with Crippen LogP contribution in [-0.2, 0) is 9.53 Å². The maximum absolute atomic E-state index is 12.5. The van der Waals surface area contributed by atoms with E-state index in [1.165, 1.54) is 0 Å². The predicted molar refractivity (Wildman–Crippen MR) is 80.5 cm³/mol. The van der Waals surface area contributed by atoms with E-state index in [2.05, 4.69) is 6.92 Å². The highest BCUT2D eigenvalue weighted by Gasteiger charge is 2.36. The number of benzene rings is 1. The molecular formula is C18H16O3. The normalized spacial score (nSPS) is 16.3. The van der Waals surface area contributed by atoms with Crippen molar-refractivity contribution in [3.63, 3.8) is 0 Å². The van der Waals surface area contributed by atoms with Gasteiger partial charge in [0.05, 0.1) is 12.2 Å². The van der Waals surface area contributed by atoms with Crippen LogP contribution in [0.2, 0.25) is 0 Å². The molecule has 3 nitrogen and oxygen atoms in total. The average Bonchev–Trinajstić information content (AvgIpc) is 2.82. The van der Waals surface area contributed by atoms with Crippen molar-refractivity contribution in [1.29, 1.82) is 0 Å². The fourth-order valence-electron chi connectivity index (χ4n) is 2.77. The number of rotatable bonds is 4. The number of unbranched alkanes of at least 4 members (excludes halogenated alkanes) is 1. The van der Waals surface area contributed by atoms with Gasteiger partial charge in [0.15, 0.2) is 5.78 Å². The number of Topliss-reactive ketones (excluding diaryl/α,β-unsaturated/α-hetero) is 1. The first-order valence-corrected chi connectivity index (χ1v) is 7.24. The van der Waals surface area contributed by atoms with Gasteiger partial charge >= 0.3 is 0 Å². The van der Waals surface area contributed by atoms with E-state index < -0.39 is 0 Å². The summed E-state index contributed by atoms with van der Waals surface area (Å²) in [6.07, 6.45) is 4.30. The summed E-state index contributed by atoms with van der Waals surface area (Å²) < 4.78 is 5.84. The van der Waals surface area contributed by atoms with Crippen LogP contribution in [0, 0.1) is 0 Å². The largest absolute Gasteiger partial charge is 0.493 e. The summed E-state index contributed by atoms with van der Waals surface area (Å²) in [4.78, 5) is 23.7. The minimum absolute atomic E-state index is 0.0939. The van der Waals surface area contributed by atoms with Gasteiger partial charge in [-0.25, -0.2) is 4.79 Å². The first kappa shape index (κ1) is 13.6. The van der Waals surface area contributed by atoms with Crippen molar-refractivity contribution in [2.24, 2.45) is 0 Å². The highest BCUT2D eigenvalue weighted by atomic mass is 16.5. The fraction of sp³-hybridized carbons (Fsp3) is 0.278. The standard InChI is InChI=1S/C18H16O3/c1-2-3-10-21-15-9-8-12(11-19)16-17(15)13-6-4-5-7-14(13)18(16)20/h4-7,9H,2-3,8,10H2,1H3. The number of carbonyl (C=O) groups is 1. The second kappa shape index (κ2) is 5.55. The van der Waals surface area contributed by atoms with Crippen LogP contribution >= 0.6 is 0 Å². The van der Waals surface area contributed by atoms with Crippen LogP contribution in [0.3, 0.4) is 0 Å². The zero-order chi connectivity index (χ0) is 14.8. The molecule has 0 saturated heterocycles. The van der Waals surface area contributed by atoms with Crippen LogP contribution in [0.1, 0.15) is 42.1 Å². The molecule has 0 bridgehead atoms. The van der Waals surface area contributed by atoms with Crippen LogP contribution in [-0.4, -0.2) is 18.3 Å². The van der Waals surface area contributed by atoms with Crippen molar-refractivity contribution in [2.75, 3.05) is 6.61 Å². The Hall–Kier alpha value is -2.38. The van der Waals surface area contributed by atoms with Crippen molar-refractivity contribution < 1.29 is 14.3 Å². The Labute approximate surface area is 123 Å². The molecule has 0 heterocycles. The van der Waals surface area contributed by atoms with E-state index in [1.807, 2.05) is 30.2 Å². The first-order valence-electron chi connectivity index (χ1n) is 7.24. The molecule has 0 spiro atoms. The quantitative estimate of drug-likeness (QED) is 0.626. The summed E-state index contributed by atoms with van der Waals surface area (Å²) in [5.74, 6) is 2.54. The number of carbonyl (C=O) groups excluding carboxylic acids is 2. The Bertz CT molecular complexity index is 716. The van der Waals surface area contributed by atoms with Gasteiger partial charge in [-0.3, -0.25) is 4.79 Å². The Balaban J connectivity index is 2.07. The van der Waals surface area contributed by atoms with Gasteiger partial charge in [-0.15, -0.1) is 0 Å². The van der Waals surface area contributed by atoms with Crippen LogP contribution < -0.4 is 0 Å². The summed E-state index contributed by atoms with van der Waals surface area (Å²) in [5, 5.41) is 0. The number of hydrogen-bond acceptors (Lipinski definition) is 3. The third kappa shape index (κ3) is 2.16. The maximum Gasteiger partial charge on any atom is 0.195 e. The van der Waals surface area contributed by atoms with Gasteiger partial charge < -0.3 is 4.74 Å². The van der Waals surface area contributed by atoms with Crippen LogP contribution in [0.4, 0.5) is 0 Å². The summed E-state index contributed by atoms with van der Waals surface area (Å²) >= 11 is 0. The molecule has 2 aliphatic carbocycles. The smallest absolute Gasteiger partial charge is 0.195 e. The molecule has 106 valence electrons. The summed E-state index contributed by atoms with van der Waals surface area (Å²) in [7, 11) is 0. The molecule has 0 fully saturated rings. The third-order valence-corrected chi connectivity index (χ3v) is 3.84. The SMILES string of the molecule is CCCCOC1=CCC(=C=O)C2=C1c1ccccc1C2=O. The third-order valence-electron chi connectivity index (χ3n) is 3.84. The second-order valence-corrected chi connectivity index (χ2v) is 5.18. The van der Waals surface area contributed by atoms with Gasteiger partial charge in [-0.05, 0) is 18.1 Å². The number of fused-ring (bicyclic) bond motifs is 2. The Kier molecular flexibility index (Phi) is 3.59. The van der Waals surface area contributed by atoms with Gasteiger partial charge in [-0.1, -0.05) is 37.6 Å². The van der Waals surface area contributed by atoms with Crippen LogP contribution in [0.25, 0.3) is 5.57 Å². The fourth-order valence-corrected chi connectivity index (χ4v) is 2.77. The lowest BCUT2D eigenvalue weighted by atomic mass is 9.92. The molecule has 0 amide bonds. The van der Waals surface area contributed by atoms with Gasteiger partial charge in [-0.2, -0.15) is 0 Å². The van der Waals surface area contributed by atoms with Crippen molar-refractivity contribution >= 4 is 17.3 Å². The molecule has 2 aliphatic rings. The zero-order valence-corrected chi connectivity index (χ0v) is 11.9. The lowest BCUT2D eigenvalue weighted by Gasteiger charge is -2.18. The highest BCUT2D eigenvalue weighted by Crippen LogP contribution is 2.43. The van der Waals surface area contributed by atoms with Crippen LogP contribution in [0.5, 0.6) is 0 Å². The molecule has 1 aromatic rings. The lowest BCUT2D eigenvalue weighted by Crippen LogP contribution is -2.08. The summed E-state index contributed by atoms with van der Waals surface area (Å²) in [6.45, 7) is 2.72. The summed E-state index contributed by atoms with van der Waals surface area (Å²) in [5.41, 5.74) is 3.15. The van der Waals surface area contributed by atoms with Gasteiger partial charge in [0.2, 0.25) is 0 Å². The topological polar surface area (TPSA) is 43.4 Å². The predicted octanol–water partition coefficient (Wildman–Crippen LogP) is 3.50. The van der Waals surface area contributed by atoms with E-state index in [0.717, 1.165) is 29.7 Å². The van der Waals surface area contributed by atoms with Gasteiger partial charge in [0.25, 0.3) is 0 Å². The minimum atomic E-state index is -0.0939. The monoisotopic (exact) mass is 280 g/mol. The molecule has 3 heteroatoms. The minimum Gasteiger partial charge on any atom is -0.493 e. The van der Waals surface area contributed by atoms with E-state index in [1.54, 1.807) is 6.07 Å². The highest BCUT2D eigenvalue weighted by molar-refractivity contribution is 6.26. The average molecular weight is 280 g/mol. The molecule has 21 heavy (non-hydrogen) atoms. The number of allylic oxidation sites excluding steroid dienone is 4. The Morgan fingerprint density at radius 2 is 1.95 bits per heavy atom. The second-order valence-electron chi connectivity index (χ2n) is 5.18. The molecular weight excluding hydrogens is 264 g/mol. The first-order chi connectivity index (χ1) is 10.3. The van der Waals surface area contributed by atoms with Crippen molar-refractivity contribution in [3.05, 3.63) is 58.4 Å². The number of ketones is 1. The molecule has 3 rings (SSSR count). The molecule has 0 aliphatic heterocycles. The van der Waals surface area contributed by atoms with E-state index >= 15 is 0 Å². The summed E-state index contributed by atoms with van der Waals surface area (Å²) in [6, 6.07) is 7.42. The maximum atomic E-state index is 12.5. The lowest BCUT2D eigenvalue weighted by molar-refractivity contribution is 0.103. The zero-order valence-electron chi connectivity index (χ0n) is 11.9. The Morgan fingerprint density at radius 3 is 2.67 bits per heavy atom. The molecule has 0 aromatic heterocycles. The van der Waals surface area contributed by atoms with E-state index in [4.69, 9.17) is 4.74 Å². The van der Waals surface area contributed by atoms with Crippen molar-refractivity contribution in [1.82, 2.24) is 0 Å². The molecule has 0 atom stereocenters. The molecule has 0 radical (unpaired) electrons. The number of ether oxygens (including phenoxy) is 1. The molecule has 1 aromatic carbocycles. The van der Waals surface area contributed by atoms with Crippen LogP contribution in [0.15, 0.2) is 47.2 Å². The van der Waals surface area contributed by atoms with E-state index in [0.29, 0.717) is 29.7 Å².